The van der Waals surface area contributed by atoms with E-state index < -0.39 is 16.0 Å². The van der Waals surface area contributed by atoms with Crippen LogP contribution in [0.3, 0.4) is 0 Å². The molecule has 0 radical (unpaired) electrons. The largest absolute Gasteiger partial charge is 0.490 e. The lowest BCUT2D eigenvalue weighted by Gasteiger charge is -2.25. The van der Waals surface area contributed by atoms with Crippen LogP contribution in [0.2, 0.25) is 0 Å². The van der Waals surface area contributed by atoms with E-state index in [1.165, 1.54) is 12.1 Å². The maximum Gasteiger partial charge on any atom is 0.337 e. The van der Waals surface area contributed by atoms with Crippen molar-refractivity contribution in [3.63, 3.8) is 0 Å². The van der Waals surface area contributed by atoms with Crippen LogP contribution in [0.1, 0.15) is 24.2 Å². The highest BCUT2D eigenvalue weighted by Gasteiger charge is 2.27. The highest BCUT2D eigenvalue weighted by atomic mass is 79.9. The number of sulfonamides is 1. The van der Waals surface area contributed by atoms with Gasteiger partial charge in [0.2, 0.25) is 10.0 Å². The van der Waals surface area contributed by atoms with E-state index in [1.807, 2.05) is 0 Å². The Balaban J connectivity index is 3.69. The Morgan fingerprint density at radius 1 is 1.40 bits per heavy atom. The molecule has 0 heterocycles. The topological polar surface area (TPSA) is 83.9 Å². The predicted octanol–water partition coefficient (Wildman–Crippen LogP) is 2.33. The number of benzene rings is 1. The van der Waals surface area contributed by atoms with Crippen LogP contribution in [0.15, 0.2) is 16.6 Å². The quantitative estimate of drug-likeness (QED) is 0.836. The Labute approximate surface area is 126 Å². The summed E-state index contributed by atoms with van der Waals surface area (Å²) in [6.45, 7) is 3.76. The van der Waals surface area contributed by atoms with Crippen molar-refractivity contribution in [2.24, 2.45) is 0 Å². The molecular formula is C12H16BrNO5S. The molecule has 0 aliphatic carbocycles. The minimum Gasteiger partial charge on any atom is -0.490 e. The maximum atomic E-state index is 11.9. The van der Waals surface area contributed by atoms with E-state index in [0.717, 1.165) is 10.6 Å². The van der Waals surface area contributed by atoms with Gasteiger partial charge in [0.25, 0.3) is 0 Å². The van der Waals surface area contributed by atoms with E-state index in [9.17, 15) is 18.3 Å². The number of nitrogens with zero attached hydrogens (tertiary/aromatic N) is 1. The fourth-order valence-electron chi connectivity index (χ4n) is 1.81. The first kappa shape index (κ1) is 16.8. The van der Waals surface area contributed by atoms with Gasteiger partial charge in [-0.25, -0.2) is 13.2 Å². The monoisotopic (exact) mass is 365 g/mol. The molecule has 0 atom stereocenters. The van der Waals surface area contributed by atoms with Crippen molar-refractivity contribution in [1.29, 1.82) is 0 Å². The second-order valence-electron chi connectivity index (χ2n) is 3.94. The van der Waals surface area contributed by atoms with Crippen molar-refractivity contribution in [2.75, 3.05) is 23.7 Å². The standard InChI is InChI=1S/C12H16BrNO5S/c1-4-14(20(3,17)18)10-8(12(15)16)6-7-9(13)11(10)19-5-2/h6-7H,4-5H2,1-3H3,(H,15,16). The molecule has 0 amide bonds. The molecule has 20 heavy (non-hydrogen) atoms. The Hall–Kier alpha value is -1.28. The van der Waals surface area contributed by atoms with Crippen molar-refractivity contribution < 1.29 is 23.1 Å². The van der Waals surface area contributed by atoms with Gasteiger partial charge < -0.3 is 9.84 Å². The number of halogens is 1. The van der Waals surface area contributed by atoms with Crippen molar-refractivity contribution >= 4 is 37.6 Å². The predicted molar refractivity (Wildman–Crippen MR) is 80.1 cm³/mol. The zero-order valence-corrected chi connectivity index (χ0v) is 13.8. The van der Waals surface area contributed by atoms with Gasteiger partial charge in [-0.1, -0.05) is 0 Å². The van der Waals surface area contributed by atoms with E-state index in [0.29, 0.717) is 4.47 Å². The maximum absolute atomic E-state index is 11.9. The average Bonchev–Trinajstić information content (AvgIpc) is 2.32. The molecule has 0 aliphatic heterocycles. The molecular weight excluding hydrogens is 350 g/mol. The lowest BCUT2D eigenvalue weighted by molar-refractivity contribution is 0.0697. The first-order chi connectivity index (χ1) is 9.23. The number of carbonyl (C=O) groups is 1. The van der Waals surface area contributed by atoms with Gasteiger partial charge in [0, 0.05) is 6.54 Å². The third kappa shape index (κ3) is 3.43. The second-order valence-corrected chi connectivity index (χ2v) is 6.70. The SMILES string of the molecule is CCOc1c(Br)ccc(C(=O)O)c1N(CC)S(C)(=O)=O. The number of carboxylic acids is 1. The zero-order chi connectivity index (χ0) is 15.5. The Morgan fingerprint density at radius 3 is 2.40 bits per heavy atom. The molecule has 8 heteroatoms. The first-order valence-corrected chi connectivity index (χ1v) is 8.54. The van der Waals surface area contributed by atoms with Gasteiger partial charge in [-0.3, -0.25) is 4.31 Å². The van der Waals surface area contributed by atoms with Crippen LogP contribution in [-0.2, 0) is 10.0 Å². The molecule has 1 aromatic rings. The fraction of sp³-hybridized carbons (Fsp3) is 0.417. The number of aromatic carboxylic acids is 1. The van der Waals surface area contributed by atoms with Crippen molar-refractivity contribution in [3.8, 4) is 5.75 Å². The number of hydrogen-bond donors (Lipinski definition) is 1. The summed E-state index contributed by atoms with van der Waals surface area (Å²) in [4.78, 5) is 11.3. The van der Waals surface area contributed by atoms with Crippen LogP contribution in [0.4, 0.5) is 5.69 Å². The summed E-state index contributed by atoms with van der Waals surface area (Å²) in [7, 11) is -3.61. The highest BCUT2D eigenvalue weighted by molar-refractivity contribution is 9.10. The smallest absolute Gasteiger partial charge is 0.337 e. The van der Waals surface area contributed by atoms with Crippen LogP contribution in [0.5, 0.6) is 5.75 Å². The number of rotatable bonds is 6. The third-order valence-electron chi connectivity index (χ3n) is 2.54. The summed E-state index contributed by atoms with van der Waals surface area (Å²) in [6, 6.07) is 2.87. The summed E-state index contributed by atoms with van der Waals surface area (Å²) in [6.07, 6.45) is 1.03. The Kier molecular flexibility index (Phi) is 5.41. The third-order valence-corrected chi connectivity index (χ3v) is 4.41. The van der Waals surface area contributed by atoms with Crippen molar-refractivity contribution in [3.05, 3.63) is 22.2 Å². The van der Waals surface area contributed by atoms with Gasteiger partial charge >= 0.3 is 5.97 Å². The van der Waals surface area contributed by atoms with Gasteiger partial charge in [0.05, 0.1) is 22.9 Å². The molecule has 0 saturated carbocycles. The van der Waals surface area contributed by atoms with Crippen LogP contribution in [-0.4, -0.2) is 38.9 Å². The second kappa shape index (κ2) is 6.45. The van der Waals surface area contributed by atoms with Gasteiger partial charge in [-0.05, 0) is 41.9 Å². The minimum absolute atomic E-state index is 0.0405. The lowest BCUT2D eigenvalue weighted by atomic mass is 10.1. The van der Waals surface area contributed by atoms with E-state index in [1.54, 1.807) is 13.8 Å². The van der Waals surface area contributed by atoms with Crippen LogP contribution in [0, 0.1) is 0 Å². The summed E-state index contributed by atoms with van der Waals surface area (Å²) >= 11 is 3.26. The molecule has 0 bridgehead atoms. The zero-order valence-electron chi connectivity index (χ0n) is 11.4. The number of hydrogen-bond acceptors (Lipinski definition) is 4. The van der Waals surface area contributed by atoms with E-state index in [-0.39, 0.29) is 30.2 Å². The molecule has 0 unspecified atom stereocenters. The molecule has 0 saturated heterocycles. The molecule has 0 aliphatic rings. The normalized spacial score (nSPS) is 11.2. The van der Waals surface area contributed by atoms with Crippen LogP contribution >= 0.6 is 15.9 Å². The molecule has 0 spiro atoms. The van der Waals surface area contributed by atoms with E-state index in [2.05, 4.69) is 15.9 Å². The highest BCUT2D eigenvalue weighted by Crippen LogP contribution is 2.40. The molecule has 1 aromatic carbocycles. The summed E-state index contributed by atoms with van der Waals surface area (Å²) in [5.74, 6) is -1.00. The average molecular weight is 366 g/mol. The van der Waals surface area contributed by atoms with Crippen LogP contribution < -0.4 is 9.04 Å². The number of ether oxygens (including phenoxy) is 1. The lowest BCUT2D eigenvalue weighted by Crippen LogP contribution is -2.31. The van der Waals surface area contributed by atoms with Crippen molar-refractivity contribution in [1.82, 2.24) is 0 Å². The summed E-state index contributed by atoms with van der Waals surface area (Å²) in [5, 5.41) is 9.27. The summed E-state index contributed by atoms with van der Waals surface area (Å²) < 4.78 is 30.7. The fourth-order valence-corrected chi connectivity index (χ4v) is 3.22. The molecule has 0 fully saturated rings. The molecule has 112 valence electrons. The van der Waals surface area contributed by atoms with Gasteiger partial charge in [0.1, 0.15) is 5.69 Å². The Morgan fingerprint density at radius 2 is 2.00 bits per heavy atom. The van der Waals surface area contributed by atoms with Gasteiger partial charge in [0.15, 0.2) is 5.75 Å². The molecule has 1 rings (SSSR count). The van der Waals surface area contributed by atoms with Gasteiger partial charge in [-0.15, -0.1) is 0 Å². The Bertz CT molecular complexity index is 615. The molecule has 1 N–H and O–H groups in total. The van der Waals surface area contributed by atoms with Crippen molar-refractivity contribution in [2.45, 2.75) is 13.8 Å². The summed E-state index contributed by atoms with van der Waals surface area (Å²) in [5.41, 5.74) is -0.0809. The van der Waals surface area contributed by atoms with E-state index in [4.69, 9.17) is 4.74 Å². The molecule has 0 aromatic heterocycles. The van der Waals surface area contributed by atoms with E-state index >= 15 is 0 Å². The number of carboxylic acid groups (broad SMARTS) is 1. The molecule has 6 nitrogen and oxygen atoms in total. The minimum atomic E-state index is -3.61. The number of anilines is 1. The van der Waals surface area contributed by atoms with Gasteiger partial charge in [-0.2, -0.15) is 0 Å². The van der Waals surface area contributed by atoms with Crippen LogP contribution in [0.25, 0.3) is 0 Å². The first-order valence-electron chi connectivity index (χ1n) is 5.90.